The van der Waals surface area contributed by atoms with Crippen molar-refractivity contribution in [2.75, 3.05) is 0 Å². The van der Waals surface area contributed by atoms with Gasteiger partial charge in [0.2, 0.25) is 0 Å². The number of ether oxygens (including phenoxy) is 1. The molecule has 0 bridgehead atoms. The molecule has 26 heavy (non-hydrogen) atoms. The van der Waals surface area contributed by atoms with Crippen molar-refractivity contribution in [1.29, 1.82) is 0 Å². The molecular weight excluding hydrogens is 337 g/mol. The Balaban J connectivity index is 1.79. The highest BCUT2D eigenvalue weighted by atomic mass is 19.1. The van der Waals surface area contributed by atoms with E-state index in [1.807, 2.05) is 13.0 Å². The van der Waals surface area contributed by atoms with Crippen LogP contribution in [0.1, 0.15) is 5.69 Å². The fourth-order valence-corrected chi connectivity index (χ4v) is 2.81. The summed E-state index contributed by atoms with van der Waals surface area (Å²) in [6.07, 6.45) is 0.771. The van der Waals surface area contributed by atoms with E-state index in [0.29, 0.717) is 16.9 Å². The van der Waals surface area contributed by atoms with Crippen molar-refractivity contribution >= 4 is 17.1 Å². The number of halogens is 1. The van der Waals surface area contributed by atoms with E-state index in [9.17, 15) is 9.18 Å². The summed E-state index contributed by atoms with van der Waals surface area (Å²) in [5.41, 5.74) is 8.63. The molecule has 0 spiro atoms. The van der Waals surface area contributed by atoms with Crippen LogP contribution < -0.4 is 10.5 Å². The largest absolute Gasteiger partial charge is 0.410 e. The quantitative estimate of drug-likeness (QED) is 0.591. The van der Waals surface area contributed by atoms with Gasteiger partial charge in [0.25, 0.3) is 0 Å². The van der Waals surface area contributed by atoms with Crippen molar-refractivity contribution in [3.63, 3.8) is 0 Å². The van der Waals surface area contributed by atoms with Crippen LogP contribution in [-0.2, 0) is 0 Å². The van der Waals surface area contributed by atoms with Crippen LogP contribution in [0.2, 0.25) is 0 Å². The Hall–Kier alpha value is -3.68. The average Bonchev–Trinajstić information content (AvgIpc) is 3.19. The summed E-state index contributed by atoms with van der Waals surface area (Å²) < 4.78 is 19.8. The highest BCUT2D eigenvalue weighted by Gasteiger charge is 2.16. The molecule has 8 heteroatoms. The first-order valence-electron chi connectivity index (χ1n) is 7.80. The van der Waals surface area contributed by atoms with Crippen molar-refractivity contribution in [3.05, 3.63) is 60.2 Å². The summed E-state index contributed by atoms with van der Waals surface area (Å²) in [4.78, 5) is 18.7. The van der Waals surface area contributed by atoms with Crippen LogP contribution in [0, 0.1) is 12.7 Å². The van der Waals surface area contributed by atoms with E-state index in [1.54, 1.807) is 35.1 Å². The second kappa shape index (κ2) is 5.99. The van der Waals surface area contributed by atoms with Crippen molar-refractivity contribution < 1.29 is 13.9 Å². The SMILES string of the molecule is Cc1c(-c2nc3c(OC(N)=O)cccc3[nH]2)cnn1-c1ccc(F)cc1. The van der Waals surface area contributed by atoms with Gasteiger partial charge in [-0.15, -0.1) is 0 Å². The first kappa shape index (κ1) is 15.8. The zero-order valence-electron chi connectivity index (χ0n) is 13.7. The van der Waals surface area contributed by atoms with Gasteiger partial charge in [0, 0.05) is 0 Å². The Morgan fingerprint density at radius 3 is 2.73 bits per heavy atom. The number of rotatable bonds is 3. The van der Waals surface area contributed by atoms with Gasteiger partial charge in [-0.25, -0.2) is 18.9 Å². The molecule has 0 fully saturated rings. The third-order valence-electron chi connectivity index (χ3n) is 4.02. The molecule has 0 saturated carbocycles. The first-order valence-corrected chi connectivity index (χ1v) is 7.80. The molecule has 3 N–H and O–H groups in total. The third-order valence-corrected chi connectivity index (χ3v) is 4.02. The van der Waals surface area contributed by atoms with Gasteiger partial charge in [0.1, 0.15) is 17.2 Å². The van der Waals surface area contributed by atoms with Crippen molar-refractivity contribution in [2.24, 2.45) is 5.73 Å². The number of H-pyrrole nitrogens is 1. The van der Waals surface area contributed by atoms with Gasteiger partial charge in [0.05, 0.1) is 28.7 Å². The number of aromatic nitrogens is 4. The molecular formula is C18H14FN5O2. The lowest BCUT2D eigenvalue weighted by molar-refractivity contribution is 0.211. The Bertz CT molecular complexity index is 1110. The second-order valence-corrected chi connectivity index (χ2v) is 5.69. The van der Waals surface area contributed by atoms with Crippen LogP contribution in [0.5, 0.6) is 5.75 Å². The summed E-state index contributed by atoms with van der Waals surface area (Å²) >= 11 is 0. The number of carbonyl (C=O) groups is 1. The van der Waals surface area contributed by atoms with Crippen molar-refractivity contribution in [2.45, 2.75) is 6.92 Å². The van der Waals surface area contributed by atoms with E-state index in [4.69, 9.17) is 10.5 Å². The fourth-order valence-electron chi connectivity index (χ4n) is 2.81. The van der Waals surface area contributed by atoms with Gasteiger partial charge in [-0.05, 0) is 43.3 Å². The van der Waals surface area contributed by atoms with Crippen LogP contribution in [-0.4, -0.2) is 25.8 Å². The first-order chi connectivity index (χ1) is 12.5. The number of carbonyl (C=O) groups excluding carboxylic acids is 1. The number of hydrogen-bond acceptors (Lipinski definition) is 4. The number of nitrogens with two attached hydrogens (primary N) is 1. The van der Waals surface area contributed by atoms with E-state index in [2.05, 4.69) is 15.1 Å². The normalized spacial score (nSPS) is 11.0. The molecule has 0 radical (unpaired) electrons. The molecule has 1 amide bonds. The minimum absolute atomic E-state index is 0.279. The second-order valence-electron chi connectivity index (χ2n) is 5.69. The zero-order valence-corrected chi connectivity index (χ0v) is 13.7. The predicted molar refractivity (Wildman–Crippen MR) is 93.6 cm³/mol. The van der Waals surface area contributed by atoms with Crippen LogP contribution in [0.3, 0.4) is 0 Å². The van der Waals surface area contributed by atoms with E-state index in [-0.39, 0.29) is 11.6 Å². The molecule has 0 unspecified atom stereocenters. The number of benzene rings is 2. The standard InChI is InChI=1S/C18H14FN5O2/c1-10-13(9-21-24(10)12-7-5-11(19)6-8-12)17-22-14-3-2-4-15(16(14)23-17)26-18(20)25/h2-9H,1H3,(H2,20,25)(H,22,23). The van der Waals surface area contributed by atoms with Gasteiger partial charge >= 0.3 is 6.09 Å². The Kier molecular flexibility index (Phi) is 3.65. The number of fused-ring (bicyclic) bond motifs is 1. The van der Waals surface area contributed by atoms with Crippen LogP contribution >= 0.6 is 0 Å². The monoisotopic (exact) mass is 351 g/mol. The topological polar surface area (TPSA) is 98.8 Å². The third kappa shape index (κ3) is 2.67. The van der Waals surface area contributed by atoms with Gasteiger partial charge in [-0.1, -0.05) is 6.07 Å². The molecule has 130 valence electrons. The fraction of sp³-hybridized carbons (Fsp3) is 0.0556. The number of amides is 1. The summed E-state index contributed by atoms with van der Waals surface area (Å²) in [7, 11) is 0. The number of imidazole rings is 1. The van der Waals surface area contributed by atoms with Crippen LogP contribution in [0.4, 0.5) is 9.18 Å². The molecule has 0 aliphatic carbocycles. The van der Waals surface area contributed by atoms with Crippen LogP contribution in [0.15, 0.2) is 48.7 Å². The van der Waals surface area contributed by atoms with Crippen molar-refractivity contribution in [1.82, 2.24) is 19.7 Å². The van der Waals surface area contributed by atoms with Crippen molar-refractivity contribution in [3.8, 4) is 22.8 Å². The van der Waals surface area contributed by atoms with Gasteiger partial charge < -0.3 is 15.5 Å². The maximum absolute atomic E-state index is 13.1. The lowest BCUT2D eigenvalue weighted by Crippen LogP contribution is -2.16. The Morgan fingerprint density at radius 2 is 2.00 bits per heavy atom. The summed E-state index contributed by atoms with van der Waals surface area (Å²) in [5, 5.41) is 4.36. The van der Waals surface area contributed by atoms with Gasteiger partial charge in [0.15, 0.2) is 5.75 Å². The molecule has 4 aromatic rings. The van der Waals surface area contributed by atoms with E-state index in [1.165, 1.54) is 12.1 Å². The summed E-state index contributed by atoms with van der Waals surface area (Å²) in [5.74, 6) is 0.547. The molecule has 0 aliphatic heterocycles. The summed E-state index contributed by atoms with van der Waals surface area (Å²) in [6.45, 7) is 1.89. The average molecular weight is 351 g/mol. The molecule has 2 aromatic heterocycles. The van der Waals surface area contributed by atoms with E-state index >= 15 is 0 Å². The number of primary amides is 1. The van der Waals surface area contributed by atoms with Gasteiger partial charge in [-0.2, -0.15) is 5.10 Å². The molecule has 4 rings (SSSR count). The number of aromatic amines is 1. The van der Waals surface area contributed by atoms with E-state index < -0.39 is 6.09 Å². The maximum Gasteiger partial charge on any atom is 0.410 e. The molecule has 0 saturated heterocycles. The lowest BCUT2D eigenvalue weighted by atomic mass is 10.2. The minimum atomic E-state index is -0.901. The molecule has 0 aliphatic rings. The van der Waals surface area contributed by atoms with Gasteiger partial charge in [-0.3, -0.25) is 0 Å². The van der Waals surface area contributed by atoms with E-state index in [0.717, 1.165) is 16.9 Å². The Morgan fingerprint density at radius 1 is 1.23 bits per heavy atom. The van der Waals surface area contributed by atoms with Crippen LogP contribution in [0.25, 0.3) is 28.1 Å². The highest BCUT2D eigenvalue weighted by molar-refractivity contribution is 5.87. The smallest absolute Gasteiger partial charge is 0.408 e. The number of nitrogens with one attached hydrogen (secondary N) is 1. The highest BCUT2D eigenvalue weighted by Crippen LogP contribution is 2.29. The zero-order chi connectivity index (χ0) is 18.3. The maximum atomic E-state index is 13.1. The Labute approximate surface area is 147 Å². The molecule has 0 atom stereocenters. The number of nitrogens with zero attached hydrogens (tertiary/aromatic N) is 3. The summed E-state index contributed by atoms with van der Waals surface area (Å²) in [6, 6.07) is 11.2. The number of hydrogen-bond donors (Lipinski definition) is 2. The molecule has 7 nitrogen and oxygen atoms in total. The molecule has 2 heterocycles. The molecule has 2 aromatic carbocycles. The minimum Gasteiger partial charge on any atom is -0.408 e. The lowest BCUT2D eigenvalue weighted by Gasteiger charge is -2.04. The predicted octanol–water partition coefficient (Wildman–Crippen LogP) is 3.32. The number of para-hydroxylation sites is 1.